The number of rotatable bonds is 6. The average molecular weight is 352 g/mol. The molecule has 0 saturated heterocycles. The van der Waals surface area contributed by atoms with Crippen molar-refractivity contribution >= 4 is 23.2 Å². The van der Waals surface area contributed by atoms with Gasteiger partial charge in [0, 0.05) is 31.7 Å². The van der Waals surface area contributed by atoms with Crippen LogP contribution in [-0.4, -0.2) is 48.9 Å². The molecule has 0 aliphatic heterocycles. The van der Waals surface area contributed by atoms with Crippen molar-refractivity contribution in [3.8, 4) is 0 Å². The van der Waals surface area contributed by atoms with E-state index in [0.717, 1.165) is 11.6 Å². The molecule has 2 rings (SSSR count). The zero-order valence-corrected chi connectivity index (χ0v) is 15.8. The number of hydrogen-bond donors (Lipinski definition) is 2. The van der Waals surface area contributed by atoms with Crippen LogP contribution in [0.3, 0.4) is 0 Å². The van der Waals surface area contributed by atoms with Gasteiger partial charge in [0.2, 0.25) is 5.91 Å². The van der Waals surface area contributed by atoms with Gasteiger partial charge in [0.05, 0.1) is 6.54 Å². The van der Waals surface area contributed by atoms with Crippen LogP contribution in [0.1, 0.15) is 42.0 Å². The van der Waals surface area contributed by atoms with Crippen molar-refractivity contribution in [2.45, 2.75) is 45.6 Å². The molecule has 1 aliphatic rings. The highest BCUT2D eigenvalue weighted by atomic mass is 32.1. The fourth-order valence-corrected chi connectivity index (χ4v) is 3.46. The van der Waals surface area contributed by atoms with E-state index in [1.165, 1.54) is 37.0 Å². The van der Waals surface area contributed by atoms with Gasteiger partial charge >= 0.3 is 0 Å². The molecule has 0 aromatic carbocycles. The van der Waals surface area contributed by atoms with E-state index in [0.29, 0.717) is 18.4 Å². The first-order valence-electron chi connectivity index (χ1n) is 8.68. The van der Waals surface area contributed by atoms with E-state index >= 15 is 0 Å². The summed E-state index contributed by atoms with van der Waals surface area (Å²) in [7, 11) is 3.50. The minimum Gasteiger partial charge on any atom is -0.356 e. The predicted molar refractivity (Wildman–Crippen MR) is 99.3 cm³/mol. The zero-order valence-electron chi connectivity index (χ0n) is 15.0. The van der Waals surface area contributed by atoms with Gasteiger partial charge in [0.25, 0.3) is 0 Å². The van der Waals surface area contributed by atoms with Crippen molar-refractivity contribution in [1.29, 1.82) is 0 Å². The first kappa shape index (κ1) is 18.7. The third-order valence-corrected chi connectivity index (χ3v) is 5.14. The van der Waals surface area contributed by atoms with Gasteiger partial charge in [0.15, 0.2) is 5.96 Å². The van der Waals surface area contributed by atoms with Gasteiger partial charge in [-0.1, -0.05) is 19.3 Å². The van der Waals surface area contributed by atoms with E-state index in [9.17, 15) is 4.79 Å². The number of nitrogens with zero attached hydrogens (tertiary/aromatic N) is 3. The van der Waals surface area contributed by atoms with Crippen LogP contribution in [0.4, 0.5) is 0 Å². The van der Waals surface area contributed by atoms with Crippen LogP contribution in [0.5, 0.6) is 0 Å². The molecule has 1 amide bonds. The molecule has 0 bridgehead atoms. The summed E-state index contributed by atoms with van der Waals surface area (Å²) in [4.78, 5) is 23.3. The molecule has 0 radical (unpaired) electrons. The van der Waals surface area contributed by atoms with Crippen molar-refractivity contribution in [2.75, 3.05) is 27.2 Å². The molecule has 2 N–H and O–H groups in total. The standard InChI is InChI=1S/C17H29N5OS/c1-13-9-18-15(24-13)11-20-17(21-12-16(23)22(2)3)19-10-14-7-5-4-6-8-14/h9,14H,4-8,10-12H2,1-3H3,(H2,19,20,21). The van der Waals surface area contributed by atoms with Gasteiger partial charge in [-0.05, 0) is 25.7 Å². The summed E-state index contributed by atoms with van der Waals surface area (Å²) in [6.45, 7) is 3.75. The van der Waals surface area contributed by atoms with Crippen LogP contribution >= 0.6 is 11.3 Å². The van der Waals surface area contributed by atoms with Crippen LogP contribution in [0, 0.1) is 12.8 Å². The molecule has 24 heavy (non-hydrogen) atoms. The Hall–Kier alpha value is -1.63. The second-order valence-electron chi connectivity index (χ2n) is 6.56. The molecule has 7 heteroatoms. The first-order chi connectivity index (χ1) is 11.5. The van der Waals surface area contributed by atoms with Crippen molar-refractivity contribution in [1.82, 2.24) is 20.5 Å². The number of carbonyl (C=O) groups is 1. The molecule has 134 valence electrons. The Morgan fingerprint density at radius 1 is 1.33 bits per heavy atom. The largest absolute Gasteiger partial charge is 0.356 e. The predicted octanol–water partition coefficient (Wildman–Crippen LogP) is 2.16. The topological polar surface area (TPSA) is 69.6 Å². The van der Waals surface area contributed by atoms with Gasteiger partial charge in [-0.3, -0.25) is 4.79 Å². The maximum absolute atomic E-state index is 11.8. The van der Waals surface area contributed by atoms with Gasteiger partial charge in [-0.15, -0.1) is 11.3 Å². The van der Waals surface area contributed by atoms with E-state index in [2.05, 4.69) is 20.6 Å². The normalized spacial score (nSPS) is 16.0. The highest BCUT2D eigenvalue weighted by molar-refractivity contribution is 7.11. The second kappa shape index (κ2) is 9.61. The number of aryl methyl sites for hydroxylation is 1. The summed E-state index contributed by atoms with van der Waals surface area (Å²) in [5, 5.41) is 7.73. The van der Waals surface area contributed by atoms with Crippen LogP contribution in [0.25, 0.3) is 0 Å². The minimum atomic E-state index is -0.00106. The molecule has 1 fully saturated rings. The number of likely N-dealkylation sites (N-methyl/N-ethyl adjacent to an activating group) is 1. The highest BCUT2D eigenvalue weighted by Gasteiger charge is 2.14. The molecule has 0 unspecified atom stereocenters. The Labute approximate surface area is 148 Å². The minimum absolute atomic E-state index is 0.00106. The molecule has 0 spiro atoms. The van der Waals surface area contributed by atoms with Crippen LogP contribution < -0.4 is 10.6 Å². The Morgan fingerprint density at radius 2 is 2.08 bits per heavy atom. The van der Waals surface area contributed by atoms with Gasteiger partial charge < -0.3 is 15.5 Å². The maximum atomic E-state index is 11.8. The SMILES string of the molecule is Cc1cnc(CNC(=NCC(=O)N(C)C)NCC2CCCCC2)s1. The quantitative estimate of drug-likeness (QED) is 0.609. The van der Waals surface area contributed by atoms with Gasteiger partial charge in [0.1, 0.15) is 11.6 Å². The first-order valence-corrected chi connectivity index (χ1v) is 9.50. The number of carbonyl (C=O) groups excluding carboxylic acids is 1. The van der Waals surface area contributed by atoms with E-state index < -0.39 is 0 Å². The van der Waals surface area contributed by atoms with Gasteiger partial charge in [-0.25, -0.2) is 9.98 Å². The molecule has 1 aromatic heterocycles. The number of aromatic nitrogens is 1. The summed E-state index contributed by atoms with van der Waals surface area (Å²) in [5.41, 5.74) is 0. The number of hydrogen-bond acceptors (Lipinski definition) is 4. The van der Waals surface area contributed by atoms with Gasteiger partial charge in [-0.2, -0.15) is 0 Å². The third kappa shape index (κ3) is 6.47. The Bertz CT molecular complexity index is 549. The lowest BCUT2D eigenvalue weighted by Gasteiger charge is -2.23. The summed E-state index contributed by atoms with van der Waals surface area (Å²) in [6, 6.07) is 0. The van der Waals surface area contributed by atoms with E-state index in [1.54, 1.807) is 30.3 Å². The van der Waals surface area contributed by atoms with Crippen LogP contribution in [-0.2, 0) is 11.3 Å². The van der Waals surface area contributed by atoms with Crippen LogP contribution in [0.2, 0.25) is 0 Å². The summed E-state index contributed by atoms with van der Waals surface area (Å²) in [5.74, 6) is 1.40. The number of thiazole rings is 1. The summed E-state index contributed by atoms with van der Waals surface area (Å²) in [6.07, 6.45) is 8.44. The average Bonchev–Trinajstić information content (AvgIpc) is 3.00. The number of aliphatic imine (C=N–C) groups is 1. The third-order valence-electron chi connectivity index (χ3n) is 4.23. The molecule has 1 aromatic rings. The lowest BCUT2D eigenvalue weighted by molar-refractivity contribution is -0.127. The molecular weight excluding hydrogens is 322 g/mol. The fraction of sp³-hybridized carbons (Fsp3) is 0.706. The smallest absolute Gasteiger partial charge is 0.243 e. The number of nitrogens with one attached hydrogen (secondary N) is 2. The number of guanidine groups is 1. The van der Waals surface area contributed by atoms with Crippen molar-refractivity contribution in [3.05, 3.63) is 16.1 Å². The maximum Gasteiger partial charge on any atom is 0.243 e. The lowest BCUT2D eigenvalue weighted by atomic mass is 9.89. The van der Waals surface area contributed by atoms with E-state index in [-0.39, 0.29) is 12.5 Å². The monoisotopic (exact) mass is 351 g/mol. The molecule has 6 nitrogen and oxygen atoms in total. The fourth-order valence-electron chi connectivity index (χ4n) is 2.74. The van der Waals surface area contributed by atoms with E-state index in [1.807, 2.05) is 13.1 Å². The highest BCUT2D eigenvalue weighted by Crippen LogP contribution is 2.22. The zero-order chi connectivity index (χ0) is 17.4. The summed E-state index contributed by atoms with van der Waals surface area (Å²) >= 11 is 1.67. The van der Waals surface area contributed by atoms with Crippen molar-refractivity contribution in [3.63, 3.8) is 0 Å². The Balaban J connectivity index is 1.88. The lowest BCUT2D eigenvalue weighted by Crippen LogP contribution is -2.40. The Morgan fingerprint density at radius 3 is 2.71 bits per heavy atom. The molecule has 1 aliphatic carbocycles. The molecule has 1 saturated carbocycles. The van der Waals surface area contributed by atoms with Crippen LogP contribution in [0.15, 0.2) is 11.2 Å². The molecular formula is C17H29N5OS. The van der Waals surface area contributed by atoms with Crippen molar-refractivity contribution in [2.24, 2.45) is 10.9 Å². The van der Waals surface area contributed by atoms with E-state index in [4.69, 9.17) is 0 Å². The Kier molecular flexibility index (Phi) is 7.49. The molecule has 0 atom stereocenters. The second-order valence-corrected chi connectivity index (χ2v) is 7.88. The number of amides is 1. The molecule has 1 heterocycles. The summed E-state index contributed by atoms with van der Waals surface area (Å²) < 4.78 is 0. The van der Waals surface area contributed by atoms with Crippen molar-refractivity contribution < 1.29 is 4.79 Å².